The molecule has 0 bridgehead atoms. The summed E-state index contributed by atoms with van der Waals surface area (Å²) >= 11 is 8.50. The minimum absolute atomic E-state index is 0.115. The average Bonchev–Trinajstić information content (AvgIpc) is 3.70. The Hall–Kier alpha value is -3.94. The fraction of sp³-hybridized carbons (Fsp3) is 0.472. The number of benzene rings is 2. The molecule has 50 heavy (non-hydrogen) atoms. The summed E-state index contributed by atoms with van der Waals surface area (Å²) in [5, 5.41) is 18.8. The maximum atomic E-state index is 11.5. The number of unbranched alkanes of at least 4 members (excludes halogenated alkanes) is 6. The lowest BCUT2D eigenvalue weighted by Gasteiger charge is -2.22. The number of likely N-dealkylation sites (N-methyl/N-ethyl adjacent to an activating group) is 1. The first-order valence-corrected chi connectivity index (χ1v) is 19.3. The van der Waals surface area contributed by atoms with Crippen LogP contribution in [0.1, 0.15) is 71.6 Å². The van der Waals surface area contributed by atoms with E-state index in [2.05, 4.69) is 37.3 Å². The smallest absolute Gasteiger partial charge is 0.307 e. The van der Waals surface area contributed by atoms with E-state index in [4.69, 9.17) is 25.8 Å². The topological polar surface area (TPSA) is 127 Å². The summed E-state index contributed by atoms with van der Waals surface area (Å²) in [4.78, 5) is 30.2. The Bertz CT molecular complexity index is 1630. The second-order valence-corrected chi connectivity index (χ2v) is 13.7. The van der Waals surface area contributed by atoms with Gasteiger partial charge in [-0.05, 0) is 74.4 Å². The fourth-order valence-electron chi connectivity index (χ4n) is 4.81. The molecule has 0 saturated heterocycles. The number of aromatic nitrogens is 1. The van der Waals surface area contributed by atoms with Gasteiger partial charge in [-0.2, -0.15) is 0 Å². The fourth-order valence-corrected chi connectivity index (χ4v) is 6.81. The van der Waals surface area contributed by atoms with E-state index < -0.39 is 0 Å². The van der Waals surface area contributed by atoms with Gasteiger partial charge in [0.2, 0.25) is 5.13 Å². The number of alkyl halides is 1. The number of hydrogen-bond donors (Lipinski definition) is 0. The molecular formula is C36H45ClN6O5S2. The number of carbonyl (C=O) groups is 2. The predicted octanol–water partition coefficient (Wildman–Crippen LogP) is 11.2. The van der Waals surface area contributed by atoms with Crippen molar-refractivity contribution >= 4 is 82.9 Å². The average molecular weight is 741 g/mol. The van der Waals surface area contributed by atoms with Crippen molar-refractivity contribution in [1.82, 2.24) is 4.98 Å². The van der Waals surface area contributed by atoms with Crippen molar-refractivity contribution in [3.8, 4) is 5.75 Å². The van der Waals surface area contributed by atoms with E-state index in [9.17, 15) is 9.59 Å². The highest BCUT2D eigenvalue weighted by molar-refractivity contribution is 7.30. The van der Waals surface area contributed by atoms with Gasteiger partial charge in [0.15, 0.2) is 0 Å². The molecule has 0 N–H and O–H groups in total. The number of thiazole rings is 1. The molecule has 4 rings (SSSR count). The molecule has 0 atom stereocenters. The van der Waals surface area contributed by atoms with E-state index in [1.807, 2.05) is 61.5 Å². The van der Waals surface area contributed by atoms with Crippen LogP contribution in [0.2, 0.25) is 0 Å². The Kier molecular flexibility index (Phi) is 17.1. The molecular weight excluding hydrogens is 696 g/mol. The predicted molar refractivity (Wildman–Crippen MR) is 202 cm³/mol. The third-order valence-electron chi connectivity index (χ3n) is 7.55. The van der Waals surface area contributed by atoms with Gasteiger partial charge in [-0.15, -0.1) is 32.1 Å². The van der Waals surface area contributed by atoms with E-state index in [-0.39, 0.29) is 24.2 Å². The molecule has 11 nitrogen and oxygen atoms in total. The molecule has 0 aliphatic heterocycles. The number of esters is 2. The first kappa shape index (κ1) is 38.9. The van der Waals surface area contributed by atoms with Crippen molar-refractivity contribution in [3.63, 3.8) is 0 Å². The van der Waals surface area contributed by atoms with Gasteiger partial charge in [0.25, 0.3) is 0 Å². The van der Waals surface area contributed by atoms with Gasteiger partial charge in [-0.1, -0.05) is 61.7 Å². The lowest BCUT2D eigenvalue weighted by Crippen LogP contribution is -2.27. The third kappa shape index (κ3) is 13.8. The Labute approximate surface area is 306 Å². The zero-order chi connectivity index (χ0) is 35.4. The molecule has 0 spiro atoms. The number of azo groups is 2. The summed E-state index contributed by atoms with van der Waals surface area (Å²) in [5.74, 6) is 0.688. The maximum Gasteiger partial charge on any atom is 0.307 e. The highest BCUT2D eigenvalue weighted by atomic mass is 35.5. The third-order valence-corrected chi connectivity index (χ3v) is 9.66. The number of anilines is 1. The van der Waals surface area contributed by atoms with Crippen LogP contribution in [0.4, 0.5) is 27.2 Å². The molecule has 0 fully saturated rings. The van der Waals surface area contributed by atoms with Crippen molar-refractivity contribution < 1.29 is 23.8 Å². The molecule has 2 aromatic heterocycles. The minimum Gasteiger partial charge on any atom is -0.494 e. The van der Waals surface area contributed by atoms with Gasteiger partial charge in [0, 0.05) is 24.5 Å². The van der Waals surface area contributed by atoms with Gasteiger partial charge in [0.05, 0.1) is 42.3 Å². The summed E-state index contributed by atoms with van der Waals surface area (Å²) in [6.07, 6.45) is 8.42. The van der Waals surface area contributed by atoms with Crippen LogP contribution in [0.25, 0.3) is 9.53 Å². The molecule has 0 radical (unpaired) electrons. The van der Waals surface area contributed by atoms with Crippen molar-refractivity contribution in [2.75, 3.05) is 43.7 Å². The SMILES string of the molecule is CCC(=O)OCCCCCCCCCOc1ccc(N=Nc2cc3sc(N=Nc4ccc(N(CC)CCOC(=O)CCCl)cc4)nc3s2)cc1. The number of rotatable bonds is 23. The summed E-state index contributed by atoms with van der Waals surface area (Å²) in [6, 6.07) is 17.3. The summed E-state index contributed by atoms with van der Waals surface area (Å²) in [6.45, 7) is 6.78. The Balaban J connectivity index is 1.14. The molecule has 2 aromatic carbocycles. The van der Waals surface area contributed by atoms with Crippen molar-refractivity contribution in [2.45, 2.75) is 71.6 Å². The monoisotopic (exact) mass is 740 g/mol. The van der Waals surface area contributed by atoms with Crippen LogP contribution in [0.15, 0.2) is 75.1 Å². The second kappa shape index (κ2) is 22.0. The Morgan fingerprint density at radius 2 is 1.40 bits per heavy atom. The van der Waals surface area contributed by atoms with Gasteiger partial charge in [-0.3, -0.25) is 9.59 Å². The first-order valence-electron chi connectivity index (χ1n) is 17.2. The number of nitrogens with zero attached hydrogens (tertiary/aromatic N) is 6. The standard InChI is InChI=1S/C36H45ClN6O5S2/c1-3-33(44)47-24-11-9-7-5-6-8-10-23-46-30-18-14-28(15-19-30)39-41-32-26-31-35(50-32)38-36(49-31)42-40-27-12-16-29(17-13-27)43(4-2)22-25-48-34(45)20-21-37/h12-19,26H,3-11,20-25H2,1-2H3. The van der Waals surface area contributed by atoms with Crippen LogP contribution in [0.5, 0.6) is 5.75 Å². The number of carbonyl (C=O) groups excluding carboxylic acids is 2. The number of thiophene rings is 1. The zero-order valence-electron chi connectivity index (χ0n) is 28.7. The highest BCUT2D eigenvalue weighted by Gasteiger charge is 2.10. The summed E-state index contributed by atoms with van der Waals surface area (Å²) in [7, 11) is 0. The largest absolute Gasteiger partial charge is 0.494 e. The van der Waals surface area contributed by atoms with Crippen LogP contribution >= 0.6 is 34.3 Å². The van der Waals surface area contributed by atoms with Crippen LogP contribution in [0.3, 0.4) is 0 Å². The molecule has 4 aromatic rings. The van der Waals surface area contributed by atoms with E-state index >= 15 is 0 Å². The maximum absolute atomic E-state index is 11.5. The normalized spacial score (nSPS) is 11.5. The number of hydrogen-bond acceptors (Lipinski definition) is 13. The lowest BCUT2D eigenvalue weighted by atomic mass is 10.1. The number of fused-ring (bicyclic) bond motifs is 1. The van der Waals surface area contributed by atoms with E-state index in [0.29, 0.717) is 37.9 Å². The minimum atomic E-state index is -0.283. The van der Waals surface area contributed by atoms with Crippen LogP contribution in [-0.2, 0) is 19.1 Å². The summed E-state index contributed by atoms with van der Waals surface area (Å²) in [5.41, 5.74) is 2.48. The Morgan fingerprint density at radius 1 is 0.760 bits per heavy atom. The molecule has 0 saturated carbocycles. The number of ether oxygens (including phenoxy) is 3. The first-order chi connectivity index (χ1) is 24.5. The van der Waals surface area contributed by atoms with Gasteiger partial charge in [0.1, 0.15) is 22.2 Å². The van der Waals surface area contributed by atoms with E-state index in [0.717, 1.165) is 69.6 Å². The van der Waals surface area contributed by atoms with Crippen LogP contribution < -0.4 is 9.64 Å². The molecule has 2 heterocycles. The zero-order valence-corrected chi connectivity index (χ0v) is 31.1. The molecule has 14 heteroatoms. The molecule has 0 aliphatic carbocycles. The Morgan fingerprint density at radius 3 is 2.06 bits per heavy atom. The quantitative estimate of drug-likeness (QED) is 0.0320. The van der Waals surface area contributed by atoms with Gasteiger partial charge >= 0.3 is 11.9 Å². The van der Waals surface area contributed by atoms with Crippen molar-refractivity contribution in [3.05, 3.63) is 54.6 Å². The molecule has 0 aliphatic rings. The van der Waals surface area contributed by atoms with Crippen molar-refractivity contribution in [1.29, 1.82) is 0 Å². The molecule has 0 unspecified atom stereocenters. The number of halogens is 1. The van der Waals surface area contributed by atoms with Crippen LogP contribution in [0, 0.1) is 0 Å². The van der Waals surface area contributed by atoms with Crippen LogP contribution in [-0.4, -0.2) is 55.7 Å². The van der Waals surface area contributed by atoms with Gasteiger partial charge in [-0.25, -0.2) is 4.98 Å². The lowest BCUT2D eigenvalue weighted by molar-refractivity contribution is -0.144. The second-order valence-electron chi connectivity index (χ2n) is 11.3. The summed E-state index contributed by atoms with van der Waals surface area (Å²) < 4.78 is 17.2. The molecule has 268 valence electrons. The van der Waals surface area contributed by atoms with Crippen molar-refractivity contribution in [2.24, 2.45) is 20.5 Å². The van der Waals surface area contributed by atoms with E-state index in [1.54, 1.807) is 0 Å². The van der Waals surface area contributed by atoms with E-state index in [1.165, 1.54) is 41.9 Å². The van der Waals surface area contributed by atoms with Gasteiger partial charge < -0.3 is 19.1 Å². The highest BCUT2D eigenvalue weighted by Crippen LogP contribution is 2.39. The molecule has 0 amide bonds.